The Morgan fingerprint density at radius 1 is 0.966 bits per heavy atom. The Kier molecular flexibility index (Phi) is 6.49. The zero-order chi connectivity index (χ0) is 20.8. The summed E-state index contributed by atoms with van der Waals surface area (Å²) in [5.41, 5.74) is 7.96. The lowest BCUT2D eigenvalue weighted by molar-refractivity contribution is -0.133. The first-order valence-corrected chi connectivity index (χ1v) is 9.68. The zero-order valence-corrected chi connectivity index (χ0v) is 16.5. The van der Waals surface area contributed by atoms with Gasteiger partial charge in [0.05, 0.1) is 0 Å². The van der Waals surface area contributed by atoms with Crippen LogP contribution in [0.5, 0.6) is 0 Å². The van der Waals surface area contributed by atoms with Crippen molar-refractivity contribution in [3.05, 3.63) is 65.7 Å². The Hall–Kier alpha value is -3.35. The second kappa shape index (κ2) is 9.23. The Bertz CT molecular complexity index is 859. The molecule has 0 saturated carbocycles. The highest BCUT2D eigenvalue weighted by Gasteiger charge is 2.28. The fourth-order valence-electron chi connectivity index (χ4n) is 3.53. The minimum absolute atomic E-state index is 0.0402. The summed E-state index contributed by atoms with van der Waals surface area (Å²) in [6, 6.07) is 15.7. The molecule has 7 nitrogen and oxygen atoms in total. The smallest absolute Gasteiger partial charge is 0.312 e. The van der Waals surface area contributed by atoms with Gasteiger partial charge in [0.2, 0.25) is 5.91 Å². The first-order chi connectivity index (χ1) is 13.9. The van der Waals surface area contributed by atoms with E-state index < -0.39 is 12.1 Å². The topological polar surface area (TPSA) is 95.7 Å². The normalized spacial score (nSPS) is 14.9. The molecule has 0 radical (unpaired) electrons. The van der Waals surface area contributed by atoms with Crippen molar-refractivity contribution < 1.29 is 14.4 Å². The van der Waals surface area contributed by atoms with E-state index in [1.807, 2.05) is 54.6 Å². The molecule has 2 aromatic carbocycles. The molecule has 1 heterocycles. The number of anilines is 1. The van der Waals surface area contributed by atoms with Crippen LogP contribution in [0.3, 0.4) is 0 Å². The molecule has 2 aromatic rings. The largest absolute Gasteiger partial charge is 0.368 e. The van der Waals surface area contributed by atoms with E-state index in [1.165, 1.54) is 0 Å². The SMILES string of the molecule is CC(=O)c1ccc(N2CCN(C(=O)[C@H](Cc3ccccc3)NC(N)=O)CC2)cc1. The van der Waals surface area contributed by atoms with Gasteiger partial charge in [-0.2, -0.15) is 0 Å². The van der Waals surface area contributed by atoms with Gasteiger partial charge in [-0.05, 0) is 36.8 Å². The van der Waals surface area contributed by atoms with E-state index in [2.05, 4.69) is 10.2 Å². The van der Waals surface area contributed by atoms with Crippen LogP contribution in [0.15, 0.2) is 54.6 Å². The molecular formula is C22H26N4O3. The molecule has 0 bridgehead atoms. The number of amides is 3. The predicted molar refractivity (Wildman–Crippen MR) is 112 cm³/mol. The molecule has 29 heavy (non-hydrogen) atoms. The van der Waals surface area contributed by atoms with Gasteiger partial charge in [-0.1, -0.05) is 30.3 Å². The molecule has 1 atom stereocenters. The van der Waals surface area contributed by atoms with E-state index >= 15 is 0 Å². The number of hydrogen-bond acceptors (Lipinski definition) is 4. The lowest BCUT2D eigenvalue weighted by Crippen LogP contribution is -2.56. The van der Waals surface area contributed by atoms with Gasteiger partial charge in [0.1, 0.15) is 6.04 Å². The summed E-state index contributed by atoms with van der Waals surface area (Å²) in [5.74, 6) is -0.0856. The van der Waals surface area contributed by atoms with Gasteiger partial charge in [0.25, 0.3) is 0 Å². The summed E-state index contributed by atoms with van der Waals surface area (Å²) in [4.78, 5) is 39.8. The van der Waals surface area contributed by atoms with Crippen molar-refractivity contribution in [3.8, 4) is 0 Å². The van der Waals surface area contributed by atoms with E-state index in [9.17, 15) is 14.4 Å². The zero-order valence-electron chi connectivity index (χ0n) is 16.5. The number of hydrogen-bond donors (Lipinski definition) is 2. The van der Waals surface area contributed by atoms with E-state index in [1.54, 1.807) is 11.8 Å². The number of piperazine rings is 1. The highest BCUT2D eigenvalue weighted by molar-refractivity contribution is 5.94. The molecule has 3 amide bonds. The second-order valence-corrected chi connectivity index (χ2v) is 7.17. The van der Waals surface area contributed by atoms with Crippen molar-refractivity contribution in [3.63, 3.8) is 0 Å². The number of ketones is 1. The van der Waals surface area contributed by atoms with Crippen LogP contribution in [-0.2, 0) is 11.2 Å². The van der Waals surface area contributed by atoms with Gasteiger partial charge in [-0.25, -0.2) is 4.79 Å². The number of Topliss-reactive ketones (excluding diaryl/α,β-unsaturated/α-hetero) is 1. The Morgan fingerprint density at radius 3 is 2.14 bits per heavy atom. The van der Waals surface area contributed by atoms with Crippen molar-refractivity contribution in [1.82, 2.24) is 10.2 Å². The summed E-state index contributed by atoms with van der Waals surface area (Å²) >= 11 is 0. The van der Waals surface area contributed by atoms with Crippen molar-refractivity contribution in [2.24, 2.45) is 5.73 Å². The average molecular weight is 394 g/mol. The maximum Gasteiger partial charge on any atom is 0.312 e. The van der Waals surface area contributed by atoms with Gasteiger partial charge in [-0.3, -0.25) is 9.59 Å². The lowest BCUT2D eigenvalue weighted by atomic mass is 10.0. The second-order valence-electron chi connectivity index (χ2n) is 7.17. The summed E-state index contributed by atoms with van der Waals surface area (Å²) in [5, 5.41) is 2.59. The van der Waals surface area contributed by atoms with E-state index in [0.29, 0.717) is 38.2 Å². The number of benzene rings is 2. The molecule has 7 heteroatoms. The number of urea groups is 1. The lowest BCUT2D eigenvalue weighted by Gasteiger charge is -2.37. The molecule has 3 N–H and O–H groups in total. The maximum absolute atomic E-state index is 13.0. The fourth-order valence-corrected chi connectivity index (χ4v) is 3.53. The molecular weight excluding hydrogens is 368 g/mol. The Labute approximate surface area is 170 Å². The monoisotopic (exact) mass is 394 g/mol. The van der Waals surface area contributed by atoms with Crippen molar-refractivity contribution in [2.45, 2.75) is 19.4 Å². The Morgan fingerprint density at radius 2 is 1.59 bits per heavy atom. The standard InChI is InChI=1S/C22H26N4O3/c1-16(27)18-7-9-19(10-8-18)25-11-13-26(14-12-25)21(28)20(24-22(23)29)15-17-5-3-2-4-6-17/h2-10,20H,11-15H2,1H3,(H3,23,24,29)/t20-/m0/s1. The molecule has 1 aliphatic rings. The summed E-state index contributed by atoms with van der Waals surface area (Å²) in [6.45, 7) is 4.02. The van der Waals surface area contributed by atoms with Crippen LogP contribution in [0.1, 0.15) is 22.8 Å². The third-order valence-corrected chi connectivity index (χ3v) is 5.13. The van der Waals surface area contributed by atoms with Crippen LogP contribution in [0.2, 0.25) is 0 Å². The van der Waals surface area contributed by atoms with Gasteiger partial charge >= 0.3 is 6.03 Å². The van der Waals surface area contributed by atoms with Gasteiger partial charge in [0, 0.05) is 43.9 Å². The van der Waals surface area contributed by atoms with Crippen molar-refractivity contribution in [2.75, 3.05) is 31.1 Å². The fraction of sp³-hybridized carbons (Fsp3) is 0.318. The van der Waals surface area contributed by atoms with Gasteiger partial charge in [-0.15, -0.1) is 0 Å². The van der Waals surface area contributed by atoms with Gasteiger partial charge < -0.3 is 20.9 Å². The van der Waals surface area contributed by atoms with Crippen LogP contribution in [0.4, 0.5) is 10.5 Å². The van der Waals surface area contributed by atoms with Gasteiger partial charge in [0.15, 0.2) is 5.78 Å². The van der Waals surface area contributed by atoms with Crippen LogP contribution >= 0.6 is 0 Å². The number of rotatable bonds is 6. The predicted octanol–water partition coefficient (Wildman–Crippen LogP) is 1.82. The number of carbonyl (C=O) groups is 3. The molecule has 1 aliphatic heterocycles. The molecule has 0 aliphatic carbocycles. The van der Waals surface area contributed by atoms with E-state index in [4.69, 9.17) is 5.73 Å². The Balaban J connectivity index is 1.62. The third kappa shape index (κ3) is 5.34. The van der Waals surface area contributed by atoms with E-state index in [0.717, 1.165) is 11.3 Å². The average Bonchev–Trinajstić information content (AvgIpc) is 2.73. The maximum atomic E-state index is 13.0. The number of primary amides is 1. The molecule has 152 valence electrons. The summed E-state index contributed by atoms with van der Waals surface area (Å²) in [7, 11) is 0. The first kappa shape index (κ1) is 20.4. The summed E-state index contributed by atoms with van der Waals surface area (Å²) < 4.78 is 0. The molecule has 3 rings (SSSR count). The summed E-state index contributed by atoms with van der Waals surface area (Å²) in [6.07, 6.45) is 0.398. The molecule has 0 aromatic heterocycles. The quantitative estimate of drug-likeness (QED) is 0.731. The number of nitrogens with zero attached hydrogens (tertiary/aromatic N) is 2. The first-order valence-electron chi connectivity index (χ1n) is 9.68. The molecule has 1 saturated heterocycles. The minimum Gasteiger partial charge on any atom is -0.368 e. The van der Waals surface area contributed by atoms with E-state index in [-0.39, 0.29) is 11.7 Å². The highest BCUT2D eigenvalue weighted by Crippen LogP contribution is 2.18. The van der Waals surface area contributed by atoms with Crippen LogP contribution in [0.25, 0.3) is 0 Å². The number of nitrogens with one attached hydrogen (secondary N) is 1. The molecule has 1 fully saturated rings. The molecule has 0 spiro atoms. The van der Waals surface area contributed by atoms with Crippen LogP contribution < -0.4 is 16.0 Å². The van der Waals surface area contributed by atoms with Crippen LogP contribution in [0, 0.1) is 0 Å². The van der Waals surface area contributed by atoms with Crippen molar-refractivity contribution in [1.29, 1.82) is 0 Å². The third-order valence-electron chi connectivity index (χ3n) is 5.13. The number of nitrogens with two attached hydrogens (primary N) is 1. The minimum atomic E-state index is -0.705. The number of carbonyl (C=O) groups excluding carboxylic acids is 3. The molecule has 0 unspecified atom stereocenters. The highest BCUT2D eigenvalue weighted by atomic mass is 16.2. The van der Waals surface area contributed by atoms with Crippen LogP contribution in [-0.4, -0.2) is 54.8 Å². The van der Waals surface area contributed by atoms with Crippen molar-refractivity contribution >= 4 is 23.4 Å².